The molecule has 0 aromatic heterocycles. The van der Waals surface area contributed by atoms with Gasteiger partial charge >= 0.3 is 0 Å². The van der Waals surface area contributed by atoms with E-state index in [0.717, 1.165) is 37.0 Å². The van der Waals surface area contributed by atoms with Crippen molar-refractivity contribution in [2.45, 2.75) is 18.7 Å². The molecule has 5 aromatic rings. The molecule has 5 rings (SSSR count). The lowest BCUT2D eigenvalue weighted by Gasteiger charge is -2.25. The number of aryl methyl sites for hydroxylation is 1. The predicted molar refractivity (Wildman–Crippen MR) is 159 cm³/mol. The highest BCUT2D eigenvalue weighted by Gasteiger charge is 2.28. The summed E-state index contributed by atoms with van der Waals surface area (Å²) >= 11 is 6.31. The summed E-state index contributed by atoms with van der Waals surface area (Å²) in [6.07, 6.45) is 1.60. The van der Waals surface area contributed by atoms with Gasteiger partial charge in [0.05, 0.1) is 16.8 Å². The molecule has 1 amide bonds. The lowest BCUT2D eigenvalue weighted by molar-refractivity contribution is -0.119. The molecule has 6 nitrogen and oxygen atoms in total. The monoisotopic (exact) mass is 555 g/mol. The maximum atomic E-state index is 13.7. The first-order valence-electron chi connectivity index (χ1n) is 12.3. The molecule has 196 valence electrons. The van der Waals surface area contributed by atoms with E-state index in [1.807, 2.05) is 55.5 Å². The van der Waals surface area contributed by atoms with Gasteiger partial charge in [0.15, 0.2) is 0 Å². The summed E-state index contributed by atoms with van der Waals surface area (Å²) in [5, 5.41) is 8.71. The van der Waals surface area contributed by atoms with Crippen molar-refractivity contribution in [3.05, 3.63) is 119 Å². The molecule has 0 aliphatic rings. The molecule has 0 aliphatic carbocycles. The van der Waals surface area contributed by atoms with Crippen molar-refractivity contribution in [1.29, 1.82) is 0 Å². The fraction of sp³-hybridized carbons (Fsp3) is 0.0968. The Kier molecular flexibility index (Phi) is 7.37. The first kappa shape index (κ1) is 26.4. The highest BCUT2D eigenvalue weighted by atomic mass is 35.5. The van der Waals surface area contributed by atoms with Crippen LogP contribution in [-0.2, 0) is 14.8 Å². The largest absolute Gasteiger partial charge is 0.271 e. The Bertz CT molecular complexity index is 1780. The summed E-state index contributed by atoms with van der Waals surface area (Å²) < 4.78 is 28.5. The summed E-state index contributed by atoms with van der Waals surface area (Å²) in [6, 6.07) is 29.5. The number of hydrogen-bond donors (Lipinski definition) is 1. The molecule has 5 aromatic carbocycles. The number of nitrogens with one attached hydrogen (secondary N) is 1. The number of hydrogen-bond acceptors (Lipinski definition) is 4. The van der Waals surface area contributed by atoms with Gasteiger partial charge < -0.3 is 0 Å². The van der Waals surface area contributed by atoms with Gasteiger partial charge in [-0.3, -0.25) is 9.10 Å². The molecule has 0 saturated carbocycles. The van der Waals surface area contributed by atoms with E-state index in [1.54, 1.807) is 43.5 Å². The standard InChI is InChI=1S/C31H26ClN3O3S/c1-21-14-16-25(17-15-21)39(37,38)35(30-13-7-12-29(32)22(30)2)20-31(36)34-33-19-28-26-10-5-3-8-23(26)18-24-9-4-6-11-27(24)28/h3-19H,20H2,1-2H3,(H,34,36)/b33-19+. The Hall–Kier alpha value is -4.20. The molecule has 0 aliphatic heterocycles. The van der Waals surface area contributed by atoms with Crippen LogP contribution < -0.4 is 9.73 Å². The molecular formula is C31H26ClN3O3S. The first-order chi connectivity index (χ1) is 18.8. The molecule has 1 N–H and O–H groups in total. The van der Waals surface area contributed by atoms with Crippen molar-refractivity contribution in [3.8, 4) is 0 Å². The number of rotatable bonds is 7. The van der Waals surface area contributed by atoms with Gasteiger partial charge in [0.1, 0.15) is 6.54 Å². The minimum absolute atomic E-state index is 0.0750. The topological polar surface area (TPSA) is 78.8 Å². The van der Waals surface area contributed by atoms with E-state index in [1.165, 1.54) is 12.1 Å². The molecule has 0 unspecified atom stereocenters. The normalized spacial score (nSPS) is 11.8. The fourth-order valence-electron chi connectivity index (χ4n) is 4.53. The van der Waals surface area contributed by atoms with Crippen LogP contribution in [0.25, 0.3) is 21.5 Å². The third-order valence-electron chi connectivity index (χ3n) is 6.60. The molecular weight excluding hydrogens is 530 g/mol. The minimum Gasteiger partial charge on any atom is -0.271 e. The summed E-state index contributed by atoms with van der Waals surface area (Å²) in [5.74, 6) is -0.592. The first-order valence-corrected chi connectivity index (χ1v) is 14.1. The van der Waals surface area contributed by atoms with Crippen molar-refractivity contribution in [1.82, 2.24) is 5.43 Å². The smallest absolute Gasteiger partial charge is 0.264 e. The van der Waals surface area contributed by atoms with E-state index >= 15 is 0 Å². The number of halogens is 1. The van der Waals surface area contributed by atoms with Crippen molar-refractivity contribution >= 4 is 61.0 Å². The van der Waals surface area contributed by atoms with E-state index in [2.05, 4.69) is 16.6 Å². The molecule has 0 heterocycles. The van der Waals surface area contributed by atoms with Gasteiger partial charge in [-0.15, -0.1) is 0 Å². The summed E-state index contributed by atoms with van der Waals surface area (Å²) in [6.45, 7) is 3.11. The number of benzene rings is 5. The Labute approximate surface area is 232 Å². The number of hydrazone groups is 1. The molecule has 0 saturated heterocycles. The second-order valence-corrected chi connectivity index (χ2v) is 11.5. The maximum absolute atomic E-state index is 13.7. The third-order valence-corrected chi connectivity index (χ3v) is 8.78. The molecule has 8 heteroatoms. The Morgan fingerprint density at radius 2 is 1.49 bits per heavy atom. The van der Waals surface area contributed by atoms with Gasteiger partial charge in [-0.2, -0.15) is 5.10 Å². The number of fused-ring (bicyclic) bond motifs is 2. The van der Waals surface area contributed by atoms with E-state index in [0.29, 0.717) is 16.3 Å². The van der Waals surface area contributed by atoms with Crippen LogP contribution in [0.5, 0.6) is 0 Å². The van der Waals surface area contributed by atoms with E-state index in [9.17, 15) is 13.2 Å². The Morgan fingerprint density at radius 1 is 0.872 bits per heavy atom. The number of amides is 1. The quantitative estimate of drug-likeness (QED) is 0.139. The highest BCUT2D eigenvalue weighted by molar-refractivity contribution is 7.92. The van der Waals surface area contributed by atoms with Crippen LogP contribution in [0.4, 0.5) is 5.69 Å². The van der Waals surface area contributed by atoms with Gasteiger partial charge in [-0.1, -0.05) is 83.9 Å². The SMILES string of the molecule is Cc1ccc(S(=O)(=O)N(CC(=O)N/N=C/c2c3ccccc3cc3ccccc23)c2cccc(Cl)c2C)cc1. The lowest BCUT2D eigenvalue weighted by Crippen LogP contribution is -2.40. The van der Waals surface area contributed by atoms with Crippen LogP contribution in [0.3, 0.4) is 0 Å². The fourth-order valence-corrected chi connectivity index (χ4v) is 6.17. The van der Waals surface area contributed by atoms with Gasteiger partial charge in [0.25, 0.3) is 15.9 Å². The molecule has 0 bridgehead atoms. The van der Waals surface area contributed by atoms with E-state index in [4.69, 9.17) is 11.6 Å². The van der Waals surface area contributed by atoms with Crippen LogP contribution in [0, 0.1) is 13.8 Å². The molecule has 0 spiro atoms. The van der Waals surface area contributed by atoms with Crippen LogP contribution in [-0.4, -0.2) is 27.1 Å². The highest BCUT2D eigenvalue weighted by Crippen LogP contribution is 2.31. The second kappa shape index (κ2) is 10.9. The number of carbonyl (C=O) groups excluding carboxylic acids is 1. The van der Waals surface area contributed by atoms with E-state index in [-0.39, 0.29) is 4.90 Å². The van der Waals surface area contributed by atoms with Crippen LogP contribution in [0.2, 0.25) is 5.02 Å². The van der Waals surface area contributed by atoms with Crippen LogP contribution >= 0.6 is 11.6 Å². The minimum atomic E-state index is -4.08. The van der Waals surface area contributed by atoms with Crippen LogP contribution in [0.1, 0.15) is 16.7 Å². The average molecular weight is 556 g/mol. The summed E-state index contributed by atoms with van der Waals surface area (Å²) in [4.78, 5) is 13.2. The zero-order chi connectivity index (χ0) is 27.6. The molecule has 0 fully saturated rings. The van der Waals surface area contributed by atoms with Crippen molar-refractivity contribution < 1.29 is 13.2 Å². The van der Waals surface area contributed by atoms with Gasteiger partial charge in [-0.05, 0) is 71.3 Å². The number of nitrogens with zero attached hydrogens (tertiary/aromatic N) is 2. The Balaban J connectivity index is 1.47. The van der Waals surface area contributed by atoms with Crippen LogP contribution in [0.15, 0.2) is 107 Å². The number of anilines is 1. The Morgan fingerprint density at radius 3 is 2.13 bits per heavy atom. The van der Waals surface area contributed by atoms with Crippen molar-refractivity contribution in [3.63, 3.8) is 0 Å². The van der Waals surface area contributed by atoms with Gasteiger partial charge in [-0.25, -0.2) is 13.8 Å². The second-order valence-electron chi connectivity index (χ2n) is 9.23. The molecule has 0 atom stereocenters. The number of carbonyl (C=O) groups is 1. The summed E-state index contributed by atoms with van der Waals surface area (Å²) in [7, 11) is -4.08. The predicted octanol–water partition coefficient (Wildman–Crippen LogP) is 6.61. The van der Waals surface area contributed by atoms with Crippen molar-refractivity contribution in [2.75, 3.05) is 10.8 Å². The molecule has 0 radical (unpaired) electrons. The van der Waals surface area contributed by atoms with E-state index < -0.39 is 22.5 Å². The number of sulfonamides is 1. The third kappa shape index (κ3) is 5.37. The molecule has 39 heavy (non-hydrogen) atoms. The maximum Gasteiger partial charge on any atom is 0.264 e. The van der Waals surface area contributed by atoms with Crippen molar-refractivity contribution in [2.24, 2.45) is 5.10 Å². The summed E-state index contributed by atoms with van der Waals surface area (Å²) in [5.41, 5.74) is 5.17. The zero-order valence-corrected chi connectivity index (χ0v) is 23.0. The zero-order valence-electron chi connectivity index (χ0n) is 21.4. The lowest BCUT2D eigenvalue weighted by atomic mass is 9.97. The van der Waals surface area contributed by atoms with Gasteiger partial charge in [0.2, 0.25) is 0 Å². The average Bonchev–Trinajstić information content (AvgIpc) is 2.93. The van der Waals surface area contributed by atoms with Gasteiger partial charge in [0, 0.05) is 10.6 Å².